The maximum absolute atomic E-state index is 13.2. The first kappa shape index (κ1) is 18.6. The second kappa shape index (κ2) is 8.41. The third kappa shape index (κ3) is 4.90. The van der Waals surface area contributed by atoms with E-state index >= 15 is 0 Å². The Morgan fingerprint density at radius 2 is 2.21 bits per heavy atom. The van der Waals surface area contributed by atoms with Crippen LogP contribution in [0.3, 0.4) is 0 Å². The van der Waals surface area contributed by atoms with Crippen LogP contribution in [-0.4, -0.2) is 62.8 Å². The third-order valence-electron chi connectivity index (χ3n) is 3.71. The molecule has 0 spiro atoms. The van der Waals surface area contributed by atoms with Gasteiger partial charge in [-0.1, -0.05) is 11.6 Å². The topological polar surface area (TPSA) is 67.9 Å². The van der Waals surface area contributed by atoms with E-state index in [0.717, 1.165) is 6.07 Å². The molecule has 1 saturated heterocycles. The van der Waals surface area contributed by atoms with Crippen molar-refractivity contribution in [3.8, 4) is 0 Å². The first-order valence-corrected chi connectivity index (χ1v) is 7.91. The average molecular weight is 359 g/mol. The number of rotatable bonds is 5. The van der Waals surface area contributed by atoms with Crippen LogP contribution in [0.15, 0.2) is 18.2 Å². The quantitative estimate of drug-likeness (QED) is 0.865. The van der Waals surface area contributed by atoms with Crippen LogP contribution in [0.1, 0.15) is 16.8 Å². The molecule has 2 amide bonds. The standard InChI is InChI=1S/C16H20ClFN2O4/c1-20(2)15(21)9-24-14-5-6-23-8-13(14)19-16(22)10-3-4-12(18)11(17)7-10/h3-4,7,13-14H,5-6,8-9H2,1-2H3,(H,19,22)/t13-,14+/m0/s1. The molecule has 0 saturated carbocycles. The Labute approximate surface area is 144 Å². The molecule has 0 aliphatic carbocycles. The van der Waals surface area contributed by atoms with E-state index < -0.39 is 17.8 Å². The molecule has 0 radical (unpaired) electrons. The number of ether oxygens (including phenoxy) is 2. The van der Waals surface area contributed by atoms with Crippen molar-refractivity contribution in [3.05, 3.63) is 34.6 Å². The van der Waals surface area contributed by atoms with Crippen LogP contribution < -0.4 is 5.32 Å². The van der Waals surface area contributed by atoms with Gasteiger partial charge in [-0.2, -0.15) is 0 Å². The zero-order chi connectivity index (χ0) is 17.7. The van der Waals surface area contributed by atoms with Crippen molar-refractivity contribution in [3.63, 3.8) is 0 Å². The Morgan fingerprint density at radius 3 is 2.88 bits per heavy atom. The van der Waals surface area contributed by atoms with Gasteiger partial charge in [0.2, 0.25) is 5.91 Å². The van der Waals surface area contributed by atoms with Gasteiger partial charge in [-0.05, 0) is 24.6 Å². The minimum absolute atomic E-state index is 0.0631. The highest BCUT2D eigenvalue weighted by atomic mass is 35.5. The summed E-state index contributed by atoms with van der Waals surface area (Å²) in [5.41, 5.74) is 0.245. The Hall–Kier alpha value is -1.70. The van der Waals surface area contributed by atoms with Crippen LogP contribution in [0, 0.1) is 5.82 Å². The number of nitrogens with one attached hydrogen (secondary N) is 1. The normalized spacial score (nSPS) is 20.5. The first-order chi connectivity index (χ1) is 11.4. The number of carbonyl (C=O) groups is 2. The highest BCUT2D eigenvalue weighted by Gasteiger charge is 2.29. The lowest BCUT2D eigenvalue weighted by Crippen LogP contribution is -2.51. The fourth-order valence-electron chi connectivity index (χ4n) is 2.25. The molecule has 2 atom stereocenters. The SMILES string of the molecule is CN(C)C(=O)CO[C@@H]1CCOC[C@@H]1NC(=O)c1ccc(F)c(Cl)c1. The van der Waals surface area contributed by atoms with E-state index in [1.165, 1.54) is 17.0 Å². The van der Waals surface area contributed by atoms with E-state index in [1.54, 1.807) is 14.1 Å². The van der Waals surface area contributed by atoms with Crippen LogP contribution in [0.25, 0.3) is 0 Å². The molecule has 6 nitrogen and oxygen atoms in total. The molecule has 132 valence electrons. The molecule has 1 aromatic carbocycles. The summed E-state index contributed by atoms with van der Waals surface area (Å²) < 4.78 is 24.2. The summed E-state index contributed by atoms with van der Waals surface area (Å²) in [5.74, 6) is -1.14. The first-order valence-electron chi connectivity index (χ1n) is 7.54. The molecule has 1 aliphatic rings. The summed E-state index contributed by atoms with van der Waals surface area (Å²) in [5, 5.41) is 2.67. The Bertz CT molecular complexity index is 612. The lowest BCUT2D eigenvalue weighted by molar-refractivity contribution is -0.138. The van der Waals surface area contributed by atoms with E-state index in [1.807, 2.05) is 0 Å². The van der Waals surface area contributed by atoms with Crippen LogP contribution in [-0.2, 0) is 14.3 Å². The van der Waals surface area contributed by atoms with Gasteiger partial charge in [0.25, 0.3) is 5.91 Å². The van der Waals surface area contributed by atoms with E-state index in [9.17, 15) is 14.0 Å². The van der Waals surface area contributed by atoms with Crippen molar-refractivity contribution in [2.45, 2.75) is 18.6 Å². The molecule has 24 heavy (non-hydrogen) atoms. The number of amides is 2. The number of likely N-dealkylation sites (N-methyl/N-ethyl adjacent to an activating group) is 1. The van der Waals surface area contributed by atoms with Gasteiger partial charge in [0.15, 0.2) is 0 Å². The Kier molecular flexibility index (Phi) is 6.53. The smallest absolute Gasteiger partial charge is 0.251 e. The van der Waals surface area contributed by atoms with Crippen molar-refractivity contribution >= 4 is 23.4 Å². The summed E-state index contributed by atoms with van der Waals surface area (Å²) in [6.07, 6.45) is 0.234. The summed E-state index contributed by atoms with van der Waals surface area (Å²) in [7, 11) is 3.29. The van der Waals surface area contributed by atoms with Crippen molar-refractivity contribution in [2.75, 3.05) is 33.9 Å². The second-order valence-electron chi connectivity index (χ2n) is 5.71. The second-order valence-corrected chi connectivity index (χ2v) is 6.12. The monoisotopic (exact) mass is 358 g/mol. The van der Waals surface area contributed by atoms with Crippen molar-refractivity contribution in [1.82, 2.24) is 10.2 Å². The number of nitrogens with zero attached hydrogens (tertiary/aromatic N) is 1. The highest BCUT2D eigenvalue weighted by Crippen LogP contribution is 2.17. The molecule has 1 fully saturated rings. The highest BCUT2D eigenvalue weighted by molar-refractivity contribution is 6.31. The van der Waals surface area contributed by atoms with Crippen molar-refractivity contribution in [1.29, 1.82) is 0 Å². The molecule has 0 unspecified atom stereocenters. The fourth-order valence-corrected chi connectivity index (χ4v) is 2.43. The molecule has 1 N–H and O–H groups in total. The predicted octanol–water partition coefficient (Wildman–Crippen LogP) is 1.47. The van der Waals surface area contributed by atoms with Crippen molar-refractivity contribution < 1.29 is 23.5 Å². The maximum atomic E-state index is 13.2. The number of halogens is 2. The van der Waals surface area contributed by atoms with Gasteiger partial charge in [0.1, 0.15) is 12.4 Å². The van der Waals surface area contributed by atoms with Crippen LogP contribution in [0.4, 0.5) is 4.39 Å². The summed E-state index contributed by atoms with van der Waals surface area (Å²) in [6.45, 7) is 0.712. The van der Waals surface area contributed by atoms with Crippen molar-refractivity contribution in [2.24, 2.45) is 0 Å². The summed E-state index contributed by atoms with van der Waals surface area (Å²) in [6, 6.07) is 3.36. The molecule has 8 heteroatoms. The molecule has 1 aliphatic heterocycles. The minimum Gasteiger partial charge on any atom is -0.379 e. The van der Waals surface area contributed by atoms with Crippen LogP contribution in [0.5, 0.6) is 0 Å². The molecule has 0 aromatic heterocycles. The summed E-state index contributed by atoms with van der Waals surface area (Å²) in [4.78, 5) is 25.4. The predicted molar refractivity (Wildman–Crippen MR) is 86.5 cm³/mol. The summed E-state index contributed by atoms with van der Waals surface area (Å²) >= 11 is 5.70. The fraction of sp³-hybridized carbons (Fsp3) is 0.500. The number of carbonyl (C=O) groups excluding carboxylic acids is 2. The molecular weight excluding hydrogens is 339 g/mol. The van der Waals surface area contributed by atoms with E-state index in [-0.39, 0.29) is 35.8 Å². The zero-order valence-corrected chi connectivity index (χ0v) is 14.3. The lowest BCUT2D eigenvalue weighted by atomic mass is 10.1. The zero-order valence-electron chi connectivity index (χ0n) is 13.6. The number of benzene rings is 1. The van der Waals surface area contributed by atoms with Crippen LogP contribution >= 0.6 is 11.6 Å². The van der Waals surface area contributed by atoms with E-state index in [0.29, 0.717) is 13.0 Å². The number of hydrogen-bond acceptors (Lipinski definition) is 4. The van der Waals surface area contributed by atoms with E-state index in [4.69, 9.17) is 21.1 Å². The van der Waals surface area contributed by atoms with Gasteiger partial charge in [-0.15, -0.1) is 0 Å². The van der Waals surface area contributed by atoms with Gasteiger partial charge in [0, 0.05) is 26.3 Å². The third-order valence-corrected chi connectivity index (χ3v) is 4.00. The average Bonchev–Trinajstić information content (AvgIpc) is 2.56. The van der Waals surface area contributed by atoms with Gasteiger partial charge in [-0.25, -0.2) is 4.39 Å². The molecule has 2 rings (SSSR count). The van der Waals surface area contributed by atoms with Crippen LogP contribution in [0.2, 0.25) is 5.02 Å². The lowest BCUT2D eigenvalue weighted by Gasteiger charge is -2.32. The largest absolute Gasteiger partial charge is 0.379 e. The van der Waals surface area contributed by atoms with Gasteiger partial charge < -0.3 is 19.7 Å². The molecular formula is C16H20ClFN2O4. The minimum atomic E-state index is -0.586. The Balaban J connectivity index is 1.98. The van der Waals surface area contributed by atoms with Gasteiger partial charge in [-0.3, -0.25) is 9.59 Å². The molecule has 1 heterocycles. The van der Waals surface area contributed by atoms with Gasteiger partial charge >= 0.3 is 0 Å². The van der Waals surface area contributed by atoms with Gasteiger partial charge in [0.05, 0.1) is 23.8 Å². The molecule has 0 bridgehead atoms. The van der Waals surface area contributed by atoms with E-state index in [2.05, 4.69) is 5.32 Å². The molecule has 1 aromatic rings. The Morgan fingerprint density at radius 1 is 1.46 bits per heavy atom. The maximum Gasteiger partial charge on any atom is 0.251 e. The number of hydrogen-bond donors (Lipinski definition) is 1.